The largest absolute Gasteiger partial charge is 0.497 e. The highest BCUT2D eigenvalue weighted by molar-refractivity contribution is 5.96. The summed E-state index contributed by atoms with van der Waals surface area (Å²) in [5.41, 5.74) is 3.65. The molecule has 31 heavy (non-hydrogen) atoms. The van der Waals surface area contributed by atoms with Crippen LogP contribution < -0.4 is 10.1 Å². The number of nitrogens with one attached hydrogen (secondary N) is 1. The number of aryl methyl sites for hydroxylation is 1. The van der Waals surface area contributed by atoms with Gasteiger partial charge in [-0.25, -0.2) is 0 Å². The summed E-state index contributed by atoms with van der Waals surface area (Å²) in [5, 5.41) is 3.21. The molecule has 2 atom stereocenters. The first-order valence-corrected chi connectivity index (χ1v) is 11.1. The zero-order valence-corrected chi connectivity index (χ0v) is 18.7. The van der Waals surface area contributed by atoms with E-state index in [0.717, 1.165) is 68.8 Å². The fraction of sp³-hybridized carbons (Fsp3) is 0.542. The first-order valence-electron chi connectivity index (χ1n) is 11.1. The molecule has 3 heterocycles. The van der Waals surface area contributed by atoms with Crippen LogP contribution in [0.4, 0.5) is 0 Å². The molecule has 2 saturated heterocycles. The Kier molecular flexibility index (Phi) is 6.95. The van der Waals surface area contributed by atoms with Crippen molar-refractivity contribution in [1.29, 1.82) is 0 Å². The van der Waals surface area contributed by atoms with Crippen LogP contribution in [0.15, 0.2) is 30.3 Å². The van der Waals surface area contributed by atoms with Gasteiger partial charge in [-0.15, -0.1) is 0 Å². The lowest BCUT2D eigenvalue weighted by Gasteiger charge is -2.37. The van der Waals surface area contributed by atoms with Crippen LogP contribution in [0.25, 0.3) is 5.69 Å². The standard InChI is InChI=1S/C24H33N3O4/c1-17-13-22(18(2)27(17)20-5-4-6-21(14-20)29-3)24(28)25-15-23(19-7-10-31-16-19)26-8-11-30-12-9-26/h4-6,13-14,19,23H,7-12,15-16H2,1-3H3,(H,25,28). The summed E-state index contributed by atoms with van der Waals surface area (Å²) in [6.45, 7) is 9.52. The maximum absolute atomic E-state index is 13.2. The number of aromatic nitrogens is 1. The van der Waals surface area contributed by atoms with Crippen molar-refractivity contribution in [2.24, 2.45) is 5.92 Å². The summed E-state index contributed by atoms with van der Waals surface area (Å²) in [7, 11) is 1.66. The van der Waals surface area contributed by atoms with Crippen molar-refractivity contribution in [3.63, 3.8) is 0 Å². The highest BCUT2D eigenvalue weighted by Gasteiger charge is 2.32. The molecule has 0 bridgehead atoms. The van der Waals surface area contributed by atoms with Gasteiger partial charge in [-0.2, -0.15) is 0 Å². The van der Waals surface area contributed by atoms with Crippen LogP contribution in [0.1, 0.15) is 28.2 Å². The van der Waals surface area contributed by atoms with Gasteiger partial charge in [0.2, 0.25) is 0 Å². The summed E-state index contributed by atoms with van der Waals surface area (Å²) < 4.78 is 18.6. The van der Waals surface area contributed by atoms with Gasteiger partial charge in [0.15, 0.2) is 0 Å². The van der Waals surface area contributed by atoms with Gasteiger partial charge in [0.05, 0.1) is 32.5 Å². The number of carbonyl (C=O) groups excluding carboxylic acids is 1. The third kappa shape index (κ3) is 4.79. The van der Waals surface area contributed by atoms with Crippen molar-refractivity contribution in [2.75, 3.05) is 53.2 Å². The summed E-state index contributed by atoms with van der Waals surface area (Å²) >= 11 is 0. The van der Waals surface area contributed by atoms with Gasteiger partial charge in [-0.05, 0) is 38.5 Å². The van der Waals surface area contributed by atoms with Crippen molar-refractivity contribution in [3.8, 4) is 11.4 Å². The van der Waals surface area contributed by atoms with Crippen LogP contribution in [0.5, 0.6) is 5.75 Å². The molecule has 2 unspecified atom stereocenters. The van der Waals surface area contributed by atoms with Crippen LogP contribution in [0, 0.1) is 19.8 Å². The molecule has 2 aromatic rings. The second-order valence-electron chi connectivity index (χ2n) is 8.37. The van der Waals surface area contributed by atoms with Crippen molar-refractivity contribution in [2.45, 2.75) is 26.3 Å². The van der Waals surface area contributed by atoms with Gasteiger partial charge in [-0.3, -0.25) is 9.69 Å². The Balaban J connectivity index is 1.50. The average molecular weight is 428 g/mol. The van der Waals surface area contributed by atoms with E-state index in [1.807, 2.05) is 44.2 Å². The van der Waals surface area contributed by atoms with E-state index >= 15 is 0 Å². The van der Waals surface area contributed by atoms with E-state index < -0.39 is 0 Å². The molecule has 0 spiro atoms. The molecule has 0 aliphatic carbocycles. The number of amides is 1. The Morgan fingerprint density at radius 3 is 2.71 bits per heavy atom. The lowest BCUT2D eigenvalue weighted by atomic mass is 9.96. The molecule has 1 amide bonds. The molecule has 2 fully saturated rings. The van der Waals surface area contributed by atoms with E-state index in [4.69, 9.17) is 14.2 Å². The number of morpholine rings is 1. The zero-order chi connectivity index (χ0) is 21.8. The zero-order valence-electron chi connectivity index (χ0n) is 18.7. The van der Waals surface area contributed by atoms with Gasteiger partial charge in [0, 0.05) is 61.3 Å². The minimum absolute atomic E-state index is 0.0283. The smallest absolute Gasteiger partial charge is 0.253 e. The van der Waals surface area contributed by atoms with E-state index in [2.05, 4.69) is 14.8 Å². The SMILES string of the molecule is COc1cccc(-n2c(C)cc(C(=O)NCC(C3CCOC3)N3CCOCC3)c2C)c1. The molecule has 1 aromatic heterocycles. The molecule has 7 nitrogen and oxygen atoms in total. The van der Waals surface area contributed by atoms with Crippen molar-refractivity contribution in [3.05, 3.63) is 47.3 Å². The van der Waals surface area contributed by atoms with E-state index in [-0.39, 0.29) is 11.9 Å². The number of hydrogen-bond donors (Lipinski definition) is 1. The van der Waals surface area contributed by atoms with Gasteiger partial charge in [0.1, 0.15) is 5.75 Å². The minimum atomic E-state index is -0.0283. The van der Waals surface area contributed by atoms with Gasteiger partial charge in [0.25, 0.3) is 5.91 Å². The Bertz CT molecular complexity index is 898. The fourth-order valence-electron chi connectivity index (χ4n) is 4.79. The predicted octanol–water partition coefficient (Wildman–Crippen LogP) is 2.57. The second-order valence-corrected chi connectivity index (χ2v) is 8.37. The molecule has 0 saturated carbocycles. The maximum atomic E-state index is 13.2. The van der Waals surface area contributed by atoms with Crippen LogP contribution in [-0.4, -0.2) is 74.6 Å². The average Bonchev–Trinajstić information content (AvgIpc) is 3.42. The Morgan fingerprint density at radius 1 is 1.19 bits per heavy atom. The number of ether oxygens (including phenoxy) is 3. The Morgan fingerprint density at radius 2 is 2.00 bits per heavy atom. The van der Waals surface area contributed by atoms with Crippen molar-refractivity contribution < 1.29 is 19.0 Å². The number of carbonyl (C=O) groups is 1. The molecule has 1 aromatic carbocycles. The Hall–Kier alpha value is -2.35. The highest BCUT2D eigenvalue weighted by Crippen LogP contribution is 2.25. The van der Waals surface area contributed by atoms with Crippen LogP contribution >= 0.6 is 0 Å². The highest BCUT2D eigenvalue weighted by atomic mass is 16.5. The van der Waals surface area contributed by atoms with Crippen LogP contribution in [0.3, 0.4) is 0 Å². The molecule has 7 heteroatoms. The molecule has 2 aliphatic heterocycles. The van der Waals surface area contributed by atoms with Gasteiger partial charge in [-0.1, -0.05) is 6.07 Å². The van der Waals surface area contributed by atoms with Gasteiger partial charge >= 0.3 is 0 Å². The topological polar surface area (TPSA) is 65.0 Å². The maximum Gasteiger partial charge on any atom is 0.253 e. The molecule has 1 N–H and O–H groups in total. The first kappa shape index (κ1) is 21.9. The third-order valence-electron chi connectivity index (χ3n) is 6.48. The van der Waals surface area contributed by atoms with Crippen molar-refractivity contribution >= 4 is 5.91 Å². The molecule has 4 rings (SSSR count). The van der Waals surface area contributed by atoms with E-state index in [1.165, 1.54) is 0 Å². The van der Waals surface area contributed by atoms with Crippen molar-refractivity contribution in [1.82, 2.24) is 14.8 Å². The van der Waals surface area contributed by atoms with Crippen LogP contribution in [0.2, 0.25) is 0 Å². The lowest BCUT2D eigenvalue weighted by Crippen LogP contribution is -2.52. The van der Waals surface area contributed by atoms with E-state index in [1.54, 1.807) is 7.11 Å². The van der Waals surface area contributed by atoms with E-state index in [0.29, 0.717) is 18.0 Å². The minimum Gasteiger partial charge on any atom is -0.497 e. The molecular formula is C24H33N3O4. The second kappa shape index (κ2) is 9.85. The molecule has 0 radical (unpaired) electrons. The fourth-order valence-corrected chi connectivity index (χ4v) is 4.79. The Labute approximate surface area is 184 Å². The lowest BCUT2D eigenvalue weighted by molar-refractivity contribution is 0.00166. The number of methoxy groups -OCH3 is 1. The predicted molar refractivity (Wildman–Crippen MR) is 119 cm³/mol. The number of nitrogens with zero attached hydrogens (tertiary/aromatic N) is 2. The molecule has 2 aliphatic rings. The summed E-state index contributed by atoms with van der Waals surface area (Å²) in [4.78, 5) is 15.6. The molecular weight excluding hydrogens is 394 g/mol. The van der Waals surface area contributed by atoms with E-state index in [9.17, 15) is 4.79 Å². The van der Waals surface area contributed by atoms with Crippen LogP contribution in [-0.2, 0) is 9.47 Å². The number of rotatable bonds is 7. The first-order chi connectivity index (χ1) is 15.1. The monoisotopic (exact) mass is 427 g/mol. The van der Waals surface area contributed by atoms with Gasteiger partial charge < -0.3 is 24.1 Å². The quantitative estimate of drug-likeness (QED) is 0.736. The number of benzene rings is 1. The molecule has 168 valence electrons. The number of hydrogen-bond acceptors (Lipinski definition) is 5. The normalized spacial score (nSPS) is 20.5. The third-order valence-corrected chi connectivity index (χ3v) is 6.48. The summed E-state index contributed by atoms with van der Waals surface area (Å²) in [5.74, 6) is 1.21. The summed E-state index contributed by atoms with van der Waals surface area (Å²) in [6.07, 6.45) is 1.04. The summed E-state index contributed by atoms with van der Waals surface area (Å²) in [6, 6.07) is 10.1.